The highest BCUT2D eigenvalue weighted by molar-refractivity contribution is 5.93. The monoisotopic (exact) mass is 382 g/mol. The molecule has 0 aromatic heterocycles. The van der Waals surface area contributed by atoms with E-state index in [9.17, 15) is 0 Å². The molecule has 2 aromatic rings. The summed E-state index contributed by atoms with van der Waals surface area (Å²) < 4.78 is 10.6. The molecule has 6 nitrogen and oxygen atoms in total. The number of nitrogens with one attached hydrogen (secondary N) is 2. The minimum Gasteiger partial charge on any atom is -0.493 e. The summed E-state index contributed by atoms with van der Waals surface area (Å²) in [6, 6.07) is 14.5. The van der Waals surface area contributed by atoms with Gasteiger partial charge in [0.15, 0.2) is 17.5 Å². The fraction of sp³-hybridized carbons (Fsp3) is 0.409. The van der Waals surface area contributed by atoms with Gasteiger partial charge in [-0.3, -0.25) is 9.89 Å². The molecule has 6 heteroatoms. The van der Waals surface area contributed by atoms with Gasteiger partial charge in [-0.05, 0) is 49.2 Å². The van der Waals surface area contributed by atoms with Gasteiger partial charge in [-0.2, -0.15) is 0 Å². The minimum atomic E-state index is 0.677. The summed E-state index contributed by atoms with van der Waals surface area (Å²) in [6.45, 7) is 4.20. The number of guanidine groups is 1. The molecule has 0 aliphatic carbocycles. The highest BCUT2D eigenvalue weighted by Gasteiger charge is 2.11. The Morgan fingerprint density at radius 1 is 0.964 bits per heavy atom. The summed E-state index contributed by atoms with van der Waals surface area (Å²) in [6.07, 6.45) is 2.66. The first-order chi connectivity index (χ1) is 13.7. The molecular weight excluding hydrogens is 352 g/mol. The topological polar surface area (TPSA) is 58.1 Å². The lowest BCUT2D eigenvalue weighted by atomic mass is 10.1. The standard InChI is InChI=1S/C22H30N4O2/c1-23-22(25-19-10-11-20(27-2)21(14-19)28-3)24-15-17-6-8-18(9-7-17)16-26-12-4-5-13-26/h6-11,14H,4-5,12-13,15-16H2,1-3H3,(H2,23,24,25). The number of anilines is 1. The zero-order valence-corrected chi connectivity index (χ0v) is 17.0. The summed E-state index contributed by atoms with van der Waals surface area (Å²) in [4.78, 5) is 6.81. The number of hydrogen-bond donors (Lipinski definition) is 2. The van der Waals surface area contributed by atoms with Gasteiger partial charge in [-0.15, -0.1) is 0 Å². The molecule has 1 saturated heterocycles. The van der Waals surface area contributed by atoms with Crippen LogP contribution in [0.25, 0.3) is 0 Å². The van der Waals surface area contributed by atoms with E-state index in [-0.39, 0.29) is 0 Å². The molecule has 0 spiro atoms. The minimum absolute atomic E-state index is 0.677. The molecule has 0 saturated carbocycles. The Morgan fingerprint density at radius 2 is 1.64 bits per heavy atom. The molecule has 1 aliphatic heterocycles. The van der Waals surface area contributed by atoms with Crippen LogP contribution in [0, 0.1) is 0 Å². The Bertz CT molecular complexity index is 784. The number of methoxy groups -OCH3 is 2. The van der Waals surface area contributed by atoms with Crippen LogP contribution in [0.2, 0.25) is 0 Å². The summed E-state index contributed by atoms with van der Waals surface area (Å²) in [5.41, 5.74) is 3.48. The number of likely N-dealkylation sites (tertiary alicyclic amines) is 1. The van der Waals surface area contributed by atoms with Gasteiger partial charge >= 0.3 is 0 Å². The first kappa shape index (κ1) is 20.0. The first-order valence-electron chi connectivity index (χ1n) is 9.71. The van der Waals surface area contributed by atoms with E-state index in [0.717, 1.165) is 12.2 Å². The van der Waals surface area contributed by atoms with E-state index < -0.39 is 0 Å². The Hall–Kier alpha value is -2.73. The maximum atomic E-state index is 5.35. The Labute approximate surface area is 167 Å². The molecule has 0 amide bonds. The Balaban J connectivity index is 1.53. The van der Waals surface area contributed by atoms with Crippen molar-refractivity contribution in [3.05, 3.63) is 53.6 Å². The first-order valence-corrected chi connectivity index (χ1v) is 9.71. The van der Waals surface area contributed by atoms with E-state index in [1.807, 2.05) is 18.2 Å². The van der Waals surface area contributed by atoms with Crippen molar-refractivity contribution in [2.45, 2.75) is 25.9 Å². The average molecular weight is 383 g/mol. The SMILES string of the molecule is CN=C(NCc1ccc(CN2CCCC2)cc1)Nc1ccc(OC)c(OC)c1. The zero-order chi connectivity index (χ0) is 19.8. The summed E-state index contributed by atoms with van der Waals surface area (Å²) in [7, 11) is 5.01. The van der Waals surface area contributed by atoms with Gasteiger partial charge in [0.05, 0.1) is 14.2 Å². The van der Waals surface area contributed by atoms with Crippen LogP contribution in [0.5, 0.6) is 11.5 Å². The molecule has 0 atom stereocenters. The second kappa shape index (κ2) is 9.99. The summed E-state index contributed by atoms with van der Waals surface area (Å²) >= 11 is 0. The van der Waals surface area contributed by atoms with Crippen molar-refractivity contribution in [1.82, 2.24) is 10.2 Å². The van der Waals surface area contributed by atoms with Crippen molar-refractivity contribution in [2.75, 3.05) is 39.7 Å². The van der Waals surface area contributed by atoms with Crippen LogP contribution in [-0.2, 0) is 13.1 Å². The fourth-order valence-electron chi connectivity index (χ4n) is 3.38. The fourth-order valence-corrected chi connectivity index (χ4v) is 3.38. The molecule has 1 aliphatic rings. The van der Waals surface area contributed by atoms with Gasteiger partial charge in [0.25, 0.3) is 0 Å². The number of hydrogen-bond acceptors (Lipinski definition) is 4. The van der Waals surface area contributed by atoms with Crippen molar-refractivity contribution in [3.63, 3.8) is 0 Å². The van der Waals surface area contributed by atoms with Gasteiger partial charge in [-0.25, -0.2) is 0 Å². The van der Waals surface area contributed by atoms with Crippen molar-refractivity contribution in [3.8, 4) is 11.5 Å². The predicted octanol–water partition coefficient (Wildman–Crippen LogP) is 3.49. The van der Waals surface area contributed by atoms with Gasteiger partial charge in [0.1, 0.15) is 0 Å². The van der Waals surface area contributed by atoms with Gasteiger partial charge < -0.3 is 20.1 Å². The van der Waals surface area contributed by atoms with E-state index in [4.69, 9.17) is 9.47 Å². The highest BCUT2D eigenvalue weighted by atomic mass is 16.5. The third-order valence-electron chi connectivity index (χ3n) is 4.96. The number of rotatable bonds is 7. The van der Waals surface area contributed by atoms with Crippen LogP contribution in [0.3, 0.4) is 0 Å². The number of aliphatic imine (C=N–C) groups is 1. The van der Waals surface area contributed by atoms with Gasteiger partial charge in [0.2, 0.25) is 0 Å². The average Bonchev–Trinajstić information content (AvgIpc) is 3.25. The third-order valence-corrected chi connectivity index (χ3v) is 4.96. The molecule has 2 aromatic carbocycles. The lowest BCUT2D eigenvalue weighted by Crippen LogP contribution is -2.30. The smallest absolute Gasteiger partial charge is 0.195 e. The van der Waals surface area contributed by atoms with E-state index in [2.05, 4.69) is 44.8 Å². The second-order valence-electron chi connectivity index (χ2n) is 6.92. The highest BCUT2D eigenvalue weighted by Crippen LogP contribution is 2.29. The van der Waals surface area contributed by atoms with Crippen LogP contribution in [-0.4, -0.2) is 45.2 Å². The van der Waals surface area contributed by atoms with E-state index in [0.29, 0.717) is 24.0 Å². The molecule has 150 valence electrons. The maximum Gasteiger partial charge on any atom is 0.195 e. The van der Waals surface area contributed by atoms with E-state index in [1.165, 1.54) is 37.1 Å². The summed E-state index contributed by atoms with van der Waals surface area (Å²) in [5, 5.41) is 6.63. The van der Waals surface area contributed by atoms with Crippen LogP contribution >= 0.6 is 0 Å². The Kier molecular flexibility index (Phi) is 7.14. The third kappa shape index (κ3) is 5.39. The molecule has 3 rings (SSSR count). The van der Waals surface area contributed by atoms with Crippen LogP contribution < -0.4 is 20.1 Å². The van der Waals surface area contributed by atoms with Crippen molar-refractivity contribution in [2.24, 2.45) is 4.99 Å². The largest absolute Gasteiger partial charge is 0.493 e. The molecule has 0 radical (unpaired) electrons. The van der Waals surface area contributed by atoms with Gasteiger partial charge in [-0.1, -0.05) is 24.3 Å². The lowest BCUT2D eigenvalue weighted by Gasteiger charge is -2.16. The van der Waals surface area contributed by atoms with Crippen LogP contribution in [0.1, 0.15) is 24.0 Å². The quantitative estimate of drug-likeness (QED) is 0.567. The van der Waals surface area contributed by atoms with Crippen molar-refractivity contribution >= 4 is 11.6 Å². The van der Waals surface area contributed by atoms with Crippen molar-refractivity contribution < 1.29 is 9.47 Å². The maximum absolute atomic E-state index is 5.35. The Morgan fingerprint density at radius 3 is 2.29 bits per heavy atom. The van der Waals surface area contributed by atoms with Crippen LogP contribution in [0.15, 0.2) is 47.5 Å². The van der Waals surface area contributed by atoms with Gasteiger partial charge in [0, 0.05) is 31.9 Å². The van der Waals surface area contributed by atoms with Crippen LogP contribution in [0.4, 0.5) is 5.69 Å². The molecule has 2 N–H and O–H groups in total. The molecule has 28 heavy (non-hydrogen) atoms. The summed E-state index contributed by atoms with van der Waals surface area (Å²) in [5.74, 6) is 2.08. The van der Waals surface area contributed by atoms with Crippen molar-refractivity contribution in [1.29, 1.82) is 0 Å². The number of benzene rings is 2. The predicted molar refractivity (Wildman–Crippen MR) is 114 cm³/mol. The molecule has 0 unspecified atom stereocenters. The zero-order valence-electron chi connectivity index (χ0n) is 17.0. The normalized spacial score (nSPS) is 14.8. The lowest BCUT2D eigenvalue weighted by molar-refractivity contribution is 0.331. The molecular formula is C22H30N4O2. The van der Waals surface area contributed by atoms with E-state index in [1.54, 1.807) is 21.3 Å². The van der Waals surface area contributed by atoms with E-state index >= 15 is 0 Å². The molecule has 1 heterocycles. The molecule has 0 bridgehead atoms. The number of ether oxygens (including phenoxy) is 2. The second-order valence-corrected chi connectivity index (χ2v) is 6.92. The molecule has 1 fully saturated rings. The number of nitrogens with zero attached hydrogens (tertiary/aromatic N) is 2.